The van der Waals surface area contributed by atoms with E-state index < -0.39 is 33.2 Å². The number of nitrogens with zero attached hydrogens (tertiary/aromatic N) is 3. The van der Waals surface area contributed by atoms with E-state index in [1.54, 1.807) is 13.8 Å². The number of non-ortho nitro benzene ring substituents is 2. The zero-order chi connectivity index (χ0) is 18.4. The van der Waals surface area contributed by atoms with Crippen LogP contribution in [0.2, 0.25) is 0 Å². The molecule has 1 atom stereocenters. The smallest absolute Gasteiger partial charge is 0.277 e. The highest BCUT2D eigenvalue weighted by atomic mass is 16.6. The van der Waals surface area contributed by atoms with E-state index in [1.807, 2.05) is 0 Å². The molecule has 0 saturated carbocycles. The fraction of sp³-hybridized carbons (Fsp3) is 0.429. The molecule has 10 heteroatoms. The molecule has 0 saturated heterocycles. The number of nitro benzene ring substituents is 2. The van der Waals surface area contributed by atoms with E-state index in [2.05, 4.69) is 5.32 Å². The molecule has 0 spiro atoms. The summed E-state index contributed by atoms with van der Waals surface area (Å²) in [7, 11) is 0. The molecule has 1 aromatic rings. The normalized spacial score (nSPS) is 11.5. The van der Waals surface area contributed by atoms with E-state index in [0.717, 1.165) is 18.2 Å². The Labute approximate surface area is 137 Å². The van der Waals surface area contributed by atoms with Crippen LogP contribution in [-0.4, -0.2) is 45.7 Å². The highest BCUT2D eigenvalue weighted by Crippen LogP contribution is 2.22. The third-order valence-electron chi connectivity index (χ3n) is 3.38. The third kappa shape index (κ3) is 4.48. The van der Waals surface area contributed by atoms with Gasteiger partial charge in [-0.15, -0.1) is 0 Å². The summed E-state index contributed by atoms with van der Waals surface area (Å²) < 4.78 is 0. The van der Waals surface area contributed by atoms with E-state index in [1.165, 1.54) is 11.8 Å². The van der Waals surface area contributed by atoms with Crippen molar-refractivity contribution in [3.8, 4) is 0 Å². The average Bonchev–Trinajstić information content (AvgIpc) is 2.55. The standard InChI is InChI=1S/C14H18N4O6/c1-4-16(5-2)14(20)9(3)15-13(19)10-6-11(17(21)22)8-12(7-10)18(23)24/h6-9H,4-5H2,1-3H3,(H,15,19). The molecule has 0 aliphatic rings. The van der Waals surface area contributed by atoms with Gasteiger partial charge in [-0.05, 0) is 20.8 Å². The van der Waals surface area contributed by atoms with Crippen molar-refractivity contribution in [3.05, 3.63) is 44.0 Å². The van der Waals surface area contributed by atoms with Crippen LogP contribution in [0.3, 0.4) is 0 Å². The predicted molar refractivity (Wildman–Crippen MR) is 84.6 cm³/mol. The van der Waals surface area contributed by atoms with Crippen molar-refractivity contribution in [3.63, 3.8) is 0 Å². The van der Waals surface area contributed by atoms with E-state index in [-0.39, 0.29) is 11.5 Å². The Morgan fingerprint density at radius 1 is 1.08 bits per heavy atom. The second kappa shape index (κ2) is 7.99. The minimum Gasteiger partial charge on any atom is -0.341 e. The Balaban J connectivity index is 3.04. The Hall–Kier alpha value is -3.04. The van der Waals surface area contributed by atoms with Crippen LogP contribution in [0.1, 0.15) is 31.1 Å². The van der Waals surface area contributed by atoms with Crippen molar-refractivity contribution in [2.45, 2.75) is 26.8 Å². The van der Waals surface area contributed by atoms with Gasteiger partial charge in [0.25, 0.3) is 17.3 Å². The maximum Gasteiger partial charge on any atom is 0.277 e. The molecule has 1 aromatic carbocycles. The summed E-state index contributed by atoms with van der Waals surface area (Å²) in [6.07, 6.45) is 0. The lowest BCUT2D eigenvalue weighted by Gasteiger charge is -2.23. The SMILES string of the molecule is CCN(CC)C(=O)C(C)NC(=O)c1cc([N+](=O)[O-])cc([N+](=O)[O-])c1. The second-order valence-electron chi connectivity index (χ2n) is 4.96. The van der Waals surface area contributed by atoms with Crippen molar-refractivity contribution in [1.82, 2.24) is 10.2 Å². The topological polar surface area (TPSA) is 136 Å². The molecule has 2 amide bonds. The molecule has 0 radical (unpaired) electrons. The Kier molecular flexibility index (Phi) is 6.33. The molecule has 130 valence electrons. The van der Waals surface area contributed by atoms with Gasteiger partial charge in [-0.2, -0.15) is 0 Å². The van der Waals surface area contributed by atoms with Gasteiger partial charge in [0, 0.05) is 25.2 Å². The molecule has 1 unspecified atom stereocenters. The molecule has 24 heavy (non-hydrogen) atoms. The molecular weight excluding hydrogens is 320 g/mol. The Morgan fingerprint density at radius 3 is 1.92 bits per heavy atom. The van der Waals surface area contributed by atoms with Gasteiger partial charge in [0.15, 0.2) is 0 Å². The van der Waals surface area contributed by atoms with Crippen molar-refractivity contribution in [2.24, 2.45) is 0 Å². The van der Waals surface area contributed by atoms with Crippen LogP contribution in [-0.2, 0) is 4.79 Å². The molecule has 0 aliphatic carbocycles. The van der Waals surface area contributed by atoms with Gasteiger partial charge < -0.3 is 10.2 Å². The summed E-state index contributed by atoms with van der Waals surface area (Å²) in [6, 6.07) is 1.76. The van der Waals surface area contributed by atoms with Crippen LogP contribution in [0.25, 0.3) is 0 Å². The fourth-order valence-electron chi connectivity index (χ4n) is 2.09. The molecule has 1 N–H and O–H groups in total. The minimum absolute atomic E-state index is 0.255. The van der Waals surface area contributed by atoms with Crippen molar-refractivity contribution < 1.29 is 19.4 Å². The van der Waals surface area contributed by atoms with Gasteiger partial charge in [0.1, 0.15) is 6.04 Å². The lowest BCUT2D eigenvalue weighted by Crippen LogP contribution is -2.46. The first-order valence-electron chi connectivity index (χ1n) is 7.24. The van der Waals surface area contributed by atoms with E-state index in [4.69, 9.17) is 0 Å². The lowest BCUT2D eigenvalue weighted by atomic mass is 10.1. The number of hydrogen-bond acceptors (Lipinski definition) is 6. The summed E-state index contributed by atoms with van der Waals surface area (Å²) in [6.45, 7) is 6.00. The molecular formula is C14H18N4O6. The zero-order valence-electron chi connectivity index (χ0n) is 13.5. The summed E-state index contributed by atoms with van der Waals surface area (Å²) in [5.74, 6) is -1.11. The summed E-state index contributed by atoms with van der Waals surface area (Å²) in [5, 5.41) is 24.1. The van der Waals surface area contributed by atoms with Crippen LogP contribution in [0.5, 0.6) is 0 Å². The number of amides is 2. The molecule has 0 aliphatic heterocycles. The van der Waals surface area contributed by atoms with Gasteiger partial charge in [0.05, 0.1) is 21.5 Å². The first-order valence-corrected chi connectivity index (χ1v) is 7.24. The maximum atomic E-state index is 12.2. The van der Waals surface area contributed by atoms with Gasteiger partial charge in [-0.3, -0.25) is 29.8 Å². The van der Waals surface area contributed by atoms with Gasteiger partial charge in [0.2, 0.25) is 5.91 Å². The van der Waals surface area contributed by atoms with Crippen molar-refractivity contribution in [1.29, 1.82) is 0 Å². The maximum absolute atomic E-state index is 12.2. The van der Waals surface area contributed by atoms with Gasteiger partial charge in [-0.1, -0.05) is 0 Å². The monoisotopic (exact) mass is 338 g/mol. The number of nitro groups is 2. The van der Waals surface area contributed by atoms with E-state index >= 15 is 0 Å². The lowest BCUT2D eigenvalue weighted by molar-refractivity contribution is -0.394. The number of nitrogens with one attached hydrogen (secondary N) is 1. The average molecular weight is 338 g/mol. The second-order valence-corrected chi connectivity index (χ2v) is 4.96. The first-order chi connectivity index (χ1) is 11.2. The van der Waals surface area contributed by atoms with Crippen molar-refractivity contribution in [2.75, 3.05) is 13.1 Å². The van der Waals surface area contributed by atoms with Crippen LogP contribution >= 0.6 is 0 Å². The van der Waals surface area contributed by atoms with E-state index in [0.29, 0.717) is 13.1 Å². The first kappa shape index (κ1) is 19.0. The zero-order valence-corrected chi connectivity index (χ0v) is 13.5. The Morgan fingerprint density at radius 2 is 1.54 bits per heavy atom. The number of carbonyl (C=O) groups excluding carboxylic acids is 2. The summed E-state index contributed by atoms with van der Waals surface area (Å²) >= 11 is 0. The molecule has 10 nitrogen and oxygen atoms in total. The number of rotatable bonds is 7. The molecule has 0 heterocycles. The van der Waals surface area contributed by atoms with Gasteiger partial charge >= 0.3 is 0 Å². The predicted octanol–water partition coefficient (Wildman–Crippen LogP) is 1.49. The number of carbonyl (C=O) groups is 2. The fourth-order valence-corrected chi connectivity index (χ4v) is 2.09. The molecule has 0 fully saturated rings. The van der Waals surface area contributed by atoms with E-state index in [9.17, 15) is 29.8 Å². The van der Waals surface area contributed by atoms with Crippen LogP contribution in [0, 0.1) is 20.2 Å². The third-order valence-corrected chi connectivity index (χ3v) is 3.38. The number of hydrogen-bond donors (Lipinski definition) is 1. The minimum atomic E-state index is -0.865. The summed E-state index contributed by atoms with van der Waals surface area (Å²) in [5.41, 5.74) is -1.40. The summed E-state index contributed by atoms with van der Waals surface area (Å²) in [4.78, 5) is 45.8. The van der Waals surface area contributed by atoms with Gasteiger partial charge in [-0.25, -0.2) is 0 Å². The van der Waals surface area contributed by atoms with Crippen LogP contribution in [0.15, 0.2) is 18.2 Å². The Bertz CT molecular complexity index is 639. The number of benzene rings is 1. The van der Waals surface area contributed by atoms with Crippen LogP contribution in [0.4, 0.5) is 11.4 Å². The highest BCUT2D eigenvalue weighted by molar-refractivity contribution is 5.98. The molecule has 1 rings (SSSR count). The van der Waals surface area contributed by atoms with Crippen LogP contribution < -0.4 is 5.32 Å². The largest absolute Gasteiger partial charge is 0.341 e. The highest BCUT2D eigenvalue weighted by Gasteiger charge is 2.24. The molecule has 0 bridgehead atoms. The quantitative estimate of drug-likeness (QED) is 0.591. The number of likely N-dealkylation sites (N-methyl/N-ethyl adjacent to an activating group) is 1. The van der Waals surface area contributed by atoms with Crippen molar-refractivity contribution >= 4 is 23.2 Å². The molecule has 0 aromatic heterocycles.